The van der Waals surface area contributed by atoms with E-state index < -0.39 is 0 Å². The maximum Gasteiger partial charge on any atom is 0.251 e. The molecule has 0 bridgehead atoms. The van der Waals surface area contributed by atoms with Gasteiger partial charge in [-0.25, -0.2) is 4.98 Å². The third-order valence-corrected chi connectivity index (χ3v) is 4.01. The van der Waals surface area contributed by atoms with Gasteiger partial charge in [0.1, 0.15) is 0 Å². The van der Waals surface area contributed by atoms with Crippen molar-refractivity contribution in [2.45, 2.75) is 26.2 Å². The summed E-state index contributed by atoms with van der Waals surface area (Å²) in [4.78, 5) is 19.2. The third-order valence-electron chi connectivity index (χ3n) is 4.01. The van der Waals surface area contributed by atoms with Gasteiger partial charge < -0.3 is 10.3 Å². The highest BCUT2D eigenvalue weighted by Gasteiger charge is 2.40. The second kappa shape index (κ2) is 4.12. The number of carbonyl (C=O) groups is 1. The van der Waals surface area contributed by atoms with Crippen LogP contribution in [0.1, 0.15) is 36.5 Å². The van der Waals surface area contributed by atoms with E-state index in [0.29, 0.717) is 11.0 Å². The van der Waals surface area contributed by atoms with Crippen molar-refractivity contribution >= 4 is 16.9 Å². The van der Waals surface area contributed by atoms with E-state index in [9.17, 15) is 4.79 Å². The normalized spacial score (nSPS) is 16.7. The summed E-state index contributed by atoms with van der Waals surface area (Å²) in [6, 6.07) is 5.54. The third kappa shape index (κ3) is 1.98. The smallest absolute Gasteiger partial charge is 0.251 e. The molecule has 4 nitrogen and oxygen atoms in total. The zero-order valence-corrected chi connectivity index (χ0v) is 10.5. The molecule has 1 aliphatic rings. The van der Waals surface area contributed by atoms with Gasteiger partial charge in [-0.05, 0) is 42.9 Å². The van der Waals surface area contributed by atoms with E-state index in [-0.39, 0.29) is 5.91 Å². The van der Waals surface area contributed by atoms with E-state index in [0.717, 1.165) is 24.0 Å². The molecule has 1 fully saturated rings. The summed E-state index contributed by atoms with van der Waals surface area (Å²) in [7, 11) is 0. The maximum absolute atomic E-state index is 12.1. The number of amides is 1. The zero-order chi connectivity index (χ0) is 12.6. The van der Waals surface area contributed by atoms with Crippen LogP contribution in [0.4, 0.5) is 0 Å². The Morgan fingerprint density at radius 2 is 2.33 bits per heavy atom. The summed E-state index contributed by atoms with van der Waals surface area (Å²) < 4.78 is 0. The highest BCUT2D eigenvalue weighted by molar-refractivity contribution is 5.97. The molecule has 4 heteroatoms. The van der Waals surface area contributed by atoms with E-state index in [1.165, 1.54) is 12.8 Å². The molecule has 0 atom stereocenters. The van der Waals surface area contributed by atoms with E-state index in [1.54, 1.807) is 6.33 Å². The summed E-state index contributed by atoms with van der Waals surface area (Å²) in [5.74, 6) is 0.00576. The van der Waals surface area contributed by atoms with Crippen molar-refractivity contribution in [3.05, 3.63) is 30.1 Å². The standard InChI is InChI=1S/C14H17N3O/c1-2-14(5-6-14)8-15-13(18)10-3-4-11-12(7-10)17-9-16-11/h3-4,7,9H,2,5-6,8H2,1H3,(H,15,18)(H,16,17). The number of aromatic amines is 1. The minimum absolute atomic E-state index is 0.00576. The van der Waals surface area contributed by atoms with Crippen molar-refractivity contribution in [2.24, 2.45) is 5.41 Å². The molecule has 1 saturated carbocycles. The van der Waals surface area contributed by atoms with Gasteiger partial charge in [0.25, 0.3) is 5.91 Å². The number of nitrogens with zero attached hydrogens (tertiary/aromatic N) is 1. The molecule has 0 unspecified atom stereocenters. The molecule has 2 aromatic rings. The van der Waals surface area contributed by atoms with Crippen LogP contribution in [0.3, 0.4) is 0 Å². The van der Waals surface area contributed by atoms with E-state index in [1.807, 2.05) is 18.2 Å². The fourth-order valence-corrected chi connectivity index (χ4v) is 2.28. The summed E-state index contributed by atoms with van der Waals surface area (Å²) in [6.07, 6.45) is 5.27. The second-order valence-electron chi connectivity index (χ2n) is 5.17. The Balaban J connectivity index is 1.71. The minimum atomic E-state index is 0.00576. The number of fused-ring (bicyclic) bond motifs is 1. The number of hydrogen-bond acceptors (Lipinski definition) is 2. The van der Waals surface area contributed by atoms with Crippen LogP contribution in [0.25, 0.3) is 11.0 Å². The van der Waals surface area contributed by atoms with Crippen molar-refractivity contribution < 1.29 is 4.79 Å². The van der Waals surface area contributed by atoms with Gasteiger partial charge in [0.05, 0.1) is 17.4 Å². The lowest BCUT2D eigenvalue weighted by Crippen LogP contribution is -2.29. The van der Waals surface area contributed by atoms with Gasteiger partial charge in [-0.2, -0.15) is 0 Å². The molecule has 3 rings (SSSR count). The molecule has 0 spiro atoms. The van der Waals surface area contributed by atoms with Crippen LogP contribution in [0.15, 0.2) is 24.5 Å². The number of H-pyrrole nitrogens is 1. The summed E-state index contributed by atoms with van der Waals surface area (Å²) in [5, 5.41) is 3.04. The first-order chi connectivity index (χ1) is 8.72. The SMILES string of the molecule is CCC1(CNC(=O)c2ccc3nc[nH]c3c2)CC1. The molecule has 0 radical (unpaired) electrons. The molecule has 94 valence electrons. The quantitative estimate of drug-likeness (QED) is 0.866. The first-order valence-electron chi connectivity index (χ1n) is 6.44. The predicted octanol–water partition coefficient (Wildman–Crippen LogP) is 2.48. The number of rotatable bonds is 4. The highest BCUT2D eigenvalue weighted by atomic mass is 16.1. The first-order valence-corrected chi connectivity index (χ1v) is 6.44. The van der Waals surface area contributed by atoms with Gasteiger partial charge >= 0.3 is 0 Å². The average Bonchev–Trinajstić information content (AvgIpc) is 3.04. The highest BCUT2D eigenvalue weighted by Crippen LogP contribution is 2.47. The molecule has 1 aliphatic carbocycles. The van der Waals surface area contributed by atoms with E-state index in [2.05, 4.69) is 22.2 Å². The number of nitrogens with one attached hydrogen (secondary N) is 2. The van der Waals surface area contributed by atoms with Crippen LogP contribution in [-0.2, 0) is 0 Å². The maximum atomic E-state index is 12.1. The van der Waals surface area contributed by atoms with Crippen molar-refractivity contribution in [2.75, 3.05) is 6.54 Å². The first kappa shape index (κ1) is 11.3. The molecular formula is C14H17N3O. The fourth-order valence-electron chi connectivity index (χ4n) is 2.28. The molecule has 0 saturated heterocycles. The monoisotopic (exact) mass is 243 g/mol. The Bertz CT molecular complexity index is 583. The summed E-state index contributed by atoms with van der Waals surface area (Å²) >= 11 is 0. The lowest BCUT2D eigenvalue weighted by atomic mass is 10.0. The Labute approximate surface area is 106 Å². The number of benzene rings is 1. The van der Waals surface area contributed by atoms with Gasteiger partial charge in [-0.15, -0.1) is 0 Å². The van der Waals surface area contributed by atoms with Crippen LogP contribution >= 0.6 is 0 Å². The van der Waals surface area contributed by atoms with E-state index in [4.69, 9.17) is 0 Å². The number of aromatic nitrogens is 2. The Morgan fingerprint density at radius 1 is 1.50 bits per heavy atom. The van der Waals surface area contributed by atoms with Crippen LogP contribution in [-0.4, -0.2) is 22.4 Å². The number of hydrogen-bond donors (Lipinski definition) is 2. The van der Waals surface area contributed by atoms with E-state index >= 15 is 0 Å². The second-order valence-corrected chi connectivity index (χ2v) is 5.17. The largest absolute Gasteiger partial charge is 0.351 e. The van der Waals surface area contributed by atoms with Crippen LogP contribution in [0.5, 0.6) is 0 Å². The van der Waals surface area contributed by atoms with Gasteiger partial charge in [0.15, 0.2) is 0 Å². The van der Waals surface area contributed by atoms with Gasteiger partial charge in [0, 0.05) is 12.1 Å². The fraction of sp³-hybridized carbons (Fsp3) is 0.429. The molecule has 1 amide bonds. The summed E-state index contributed by atoms with van der Waals surface area (Å²) in [6.45, 7) is 2.99. The summed E-state index contributed by atoms with van der Waals surface area (Å²) in [5.41, 5.74) is 2.87. The zero-order valence-electron chi connectivity index (χ0n) is 10.5. The number of carbonyl (C=O) groups excluding carboxylic acids is 1. The molecule has 1 aromatic carbocycles. The number of imidazole rings is 1. The predicted molar refractivity (Wildman–Crippen MR) is 70.4 cm³/mol. The van der Waals surface area contributed by atoms with Gasteiger partial charge in [-0.1, -0.05) is 6.92 Å². The Kier molecular flexibility index (Phi) is 2.58. The molecule has 1 aromatic heterocycles. The van der Waals surface area contributed by atoms with Gasteiger partial charge in [0.2, 0.25) is 0 Å². The van der Waals surface area contributed by atoms with Crippen LogP contribution in [0, 0.1) is 5.41 Å². The van der Waals surface area contributed by atoms with Crippen molar-refractivity contribution in [1.29, 1.82) is 0 Å². The molecular weight excluding hydrogens is 226 g/mol. The van der Waals surface area contributed by atoms with Crippen LogP contribution in [0.2, 0.25) is 0 Å². The lowest BCUT2D eigenvalue weighted by molar-refractivity contribution is 0.0944. The topological polar surface area (TPSA) is 57.8 Å². The van der Waals surface area contributed by atoms with Crippen molar-refractivity contribution in [3.8, 4) is 0 Å². The molecule has 1 heterocycles. The Hall–Kier alpha value is -1.84. The van der Waals surface area contributed by atoms with Crippen molar-refractivity contribution in [3.63, 3.8) is 0 Å². The Morgan fingerprint density at radius 3 is 3.06 bits per heavy atom. The van der Waals surface area contributed by atoms with Crippen molar-refractivity contribution in [1.82, 2.24) is 15.3 Å². The van der Waals surface area contributed by atoms with Crippen LogP contribution < -0.4 is 5.32 Å². The van der Waals surface area contributed by atoms with Gasteiger partial charge in [-0.3, -0.25) is 4.79 Å². The molecule has 18 heavy (non-hydrogen) atoms. The minimum Gasteiger partial charge on any atom is -0.351 e. The molecule has 2 N–H and O–H groups in total. The average molecular weight is 243 g/mol. The lowest BCUT2D eigenvalue weighted by Gasteiger charge is -2.13. The molecule has 0 aliphatic heterocycles.